The van der Waals surface area contributed by atoms with E-state index in [1.165, 1.54) is 24.1 Å². The minimum atomic E-state index is -0.646. The van der Waals surface area contributed by atoms with Gasteiger partial charge in [0.05, 0.1) is 24.2 Å². The number of nitriles is 1. The summed E-state index contributed by atoms with van der Waals surface area (Å²) in [6.45, 7) is 1.89. The molecule has 0 aliphatic rings. The number of hydrogen-bond donors (Lipinski definition) is 1. The number of halogens is 1. The third kappa shape index (κ3) is 4.91. The highest BCUT2D eigenvalue weighted by atomic mass is 19.1. The van der Waals surface area contributed by atoms with Crippen LogP contribution < -0.4 is 0 Å². The van der Waals surface area contributed by atoms with Crippen LogP contribution in [0, 0.1) is 34.9 Å². The van der Waals surface area contributed by atoms with Crippen molar-refractivity contribution in [3.8, 4) is 17.9 Å². The van der Waals surface area contributed by atoms with Crippen LogP contribution in [0.2, 0.25) is 0 Å². The summed E-state index contributed by atoms with van der Waals surface area (Å²) in [7, 11) is 1.53. The Bertz CT molecular complexity index is 611. The lowest BCUT2D eigenvalue weighted by atomic mass is 10.1. The van der Waals surface area contributed by atoms with E-state index in [9.17, 15) is 9.18 Å². The van der Waals surface area contributed by atoms with Crippen molar-refractivity contribution in [1.82, 2.24) is 4.90 Å². The maximum Gasteiger partial charge on any atom is 0.256 e. The Morgan fingerprint density at radius 3 is 2.81 bits per heavy atom. The van der Waals surface area contributed by atoms with Gasteiger partial charge in [0, 0.05) is 25.6 Å². The number of rotatable bonds is 4. The maximum absolute atomic E-state index is 14.0. The monoisotopic (exact) mass is 288 g/mol. The molecule has 1 unspecified atom stereocenters. The summed E-state index contributed by atoms with van der Waals surface area (Å²) in [4.78, 5) is 13.4. The van der Waals surface area contributed by atoms with Crippen LogP contribution in [-0.2, 0) is 0 Å². The molecule has 1 amide bonds. The molecule has 0 aliphatic carbocycles. The molecule has 1 N–H and O–H groups in total. The Kier molecular flexibility index (Phi) is 6.39. The smallest absolute Gasteiger partial charge is 0.256 e. The normalized spacial score (nSPS) is 11.0. The lowest BCUT2D eigenvalue weighted by Gasteiger charge is -2.18. The first kappa shape index (κ1) is 16.7. The molecule has 1 rings (SSSR count). The van der Waals surface area contributed by atoms with Crippen molar-refractivity contribution >= 4 is 5.91 Å². The van der Waals surface area contributed by atoms with Gasteiger partial charge in [-0.3, -0.25) is 4.79 Å². The van der Waals surface area contributed by atoms with Crippen molar-refractivity contribution < 1.29 is 14.3 Å². The first-order chi connectivity index (χ1) is 9.99. The zero-order valence-corrected chi connectivity index (χ0v) is 12.1. The van der Waals surface area contributed by atoms with E-state index in [-0.39, 0.29) is 24.6 Å². The van der Waals surface area contributed by atoms with Crippen LogP contribution in [0.4, 0.5) is 4.39 Å². The standard InChI is InChI=1S/C16H17FN2O2/c1-12(10-18)11-19(2)16(21)14-7-6-13(9-15(14)17)5-3-4-8-20/h6-7,9,12,20H,4,8,11H2,1-2H3. The summed E-state index contributed by atoms with van der Waals surface area (Å²) < 4.78 is 14.0. The number of amides is 1. The van der Waals surface area contributed by atoms with Gasteiger partial charge in [0.15, 0.2) is 0 Å². The average molecular weight is 288 g/mol. The second kappa shape index (κ2) is 8.04. The summed E-state index contributed by atoms with van der Waals surface area (Å²) in [6, 6.07) is 6.16. The first-order valence-corrected chi connectivity index (χ1v) is 6.54. The Morgan fingerprint density at radius 1 is 1.52 bits per heavy atom. The summed E-state index contributed by atoms with van der Waals surface area (Å²) >= 11 is 0. The maximum atomic E-state index is 14.0. The molecular formula is C16H17FN2O2. The number of nitrogens with zero attached hydrogens (tertiary/aromatic N) is 2. The van der Waals surface area contributed by atoms with Gasteiger partial charge in [-0.15, -0.1) is 0 Å². The van der Waals surface area contributed by atoms with Gasteiger partial charge < -0.3 is 10.0 Å². The molecule has 1 aromatic rings. The Hall–Kier alpha value is -2.37. The zero-order chi connectivity index (χ0) is 15.8. The molecule has 0 aliphatic heterocycles. The van der Waals surface area contributed by atoms with E-state index in [2.05, 4.69) is 11.8 Å². The highest BCUT2D eigenvalue weighted by Gasteiger charge is 2.17. The van der Waals surface area contributed by atoms with Crippen LogP contribution in [0.5, 0.6) is 0 Å². The third-order valence-electron chi connectivity index (χ3n) is 2.78. The Labute approximate surface area is 123 Å². The van der Waals surface area contributed by atoms with Gasteiger partial charge in [-0.05, 0) is 25.1 Å². The molecule has 110 valence electrons. The van der Waals surface area contributed by atoms with Crippen molar-refractivity contribution in [2.45, 2.75) is 13.3 Å². The molecule has 0 saturated heterocycles. The van der Waals surface area contributed by atoms with Crippen LogP contribution in [0.1, 0.15) is 29.3 Å². The molecule has 0 spiro atoms. The van der Waals surface area contributed by atoms with E-state index in [0.717, 1.165) is 0 Å². The van der Waals surface area contributed by atoms with Crippen LogP contribution in [0.3, 0.4) is 0 Å². The van der Waals surface area contributed by atoms with Crippen molar-refractivity contribution in [2.24, 2.45) is 5.92 Å². The lowest BCUT2D eigenvalue weighted by Crippen LogP contribution is -2.31. The predicted octanol–water partition coefficient (Wildman–Crippen LogP) is 1.79. The van der Waals surface area contributed by atoms with E-state index in [1.807, 2.05) is 6.07 Å². The first-order valence-electron chi connectivity index (χ1n) is 6.54. The zero-order valence-electron chi connectivity index (χ0n) is 12.1. The number of benzene rings is 1. The fourth-order valence-corrected chi connectivity index (χ4v) is 1.73. The second-order valence-electron chi connectivity index (χ2n) is 4.69. The minimum absolute atomic E-state index is 0.0460. The van der Waals surface area contributed by atoms with Crippen molar-refractivity contribution in [3.05, 3.63) is 35.1 Å². The van der Waals surface area contributed by atoms with Crippen molar-refractivity contribution in [1.29, 1.82) is 5.26 Å². The van der Waals surface area contributed by atoms with Crippen molar-refractivity contribution in [2.75, 3.05) is 20.2 Å². The van der Waals surface area contributed by atoms with Gasteiger partial charge >= 0.3 is 0 Å². The van der Waals surface area contributed by atoms with Gasteiger partial charge in [0.2, 0.25) is 0 Å². The molecule has 0 radical (unpaired) electrons. The molecule has 0 saturated carbocycles. The van der Waals surface area contributed by atoms with E-state index < -0.39 is 11.7 Å². The average Bonchev–Trinajstić information content (AvgIpc) is 2.46. The van der Waals surface area contributed by atoms with Gasteiger partial charge in [-0.1, -0.05) is 11.8 Å². The summed E-state index contributed by atoms with van der Waals surface area (Å²) in [5.41, 5.74) is 0.404. The Balaban J connectivity index is 2.88. The highest BCUT2D eigenvalue weighted by Crippen LogP contribution is 2.13. The van der Waals surface area contributed by atoms with Gasteiger partial charge in [-0.25, -0.2) is 4.39 Å². The van der Waals surface area contributed by atoms with Gasteiger partial charge in [0.1, 0.15) is 5.82 Å². The lowest BCUT2D eigenvalue weighted by molar-refractivity contribution is 0.0780. The molecule has 0 aromatic heterocycles. The number of carbonyl (C=O) groups excluding carboxylic acids is 1. The second-order valence-corrected chi connectivity index (χ2v) is 4.69. The minimum Gasteiger partial charge on any atom is -0.395 e. The Morgan fingerprint density at radius 2 is 2.24 bits per heavy atom. The van der Waals surface area contributed by atoms with E-state index in [1.54, 1.807) is 13.0 Å². The topological polar surface area (TPSA) is 64.3 Å². The molecule has 21 heavy (non-hydrogen) atoms. The molecule has 1 atom stereocenters. The SMILES string of the molecule is CC(C#N)CN(C)C(=O)c1ccc(C#CCCO)cc1F. The van der Waals surface area contributed by atoms with E-state index in [0.29, 0.717) is 12.0 Å². The molecule has 0 fully saturated rings. The molecular weight excluding hydrogens is 271 g/mol. The molecule has 5 heteroatoms. The largest absolute Gasteiger partial charge is 0.395 e. The van der Waals surface area contributed by atoms with Crippen LogP contribution in [-0.4, -0.2) is 36.1 Å². The van der Waals surface area contributed by atoms with Crippen LogP contribution in [0.25, 0.3) is 0 Å². The fraction of sp³-hybridized carbons (Fsp3) is 0.375. The summed E-state index contributed by atoms with van der Waals surface area (Å²) in [6.07, 6.45) is 0.317. The quantitative estimate of drug-likeness (QED) is 0.859. The summed E-state index contributed by atoms with van der Waals surface area (Å²) in [5.74, 6) is 3.96. The number of carbonyl (C=O) groups is 1. The van der Waals surface area contributed by atoms with Crippen molar-refractivity contribution in [3.63, 3.8) is 0 Å². The number of aliphatic hydroxyl groups is 1. The third-order valence-corrected chi connectivity index (χ3v) is 2.78. The van der Waals surface area contributed by atoms with Crippen LogP contribution >= 0.6 is 0 Å². The molecule has 0 bridgehead atoms. The van der Waals surface area contributed by atoms with Gasteiger partial charge in [0.25, 0.3) is 5.91 Å². The number of hydrogen-bond acceptors (Lipinski definition) is 3. The van der Waals surface area contributed by atoms with E-state index in [4.69, 9.17) is 10.4 Å². The van der Waals surface area contributed by atoms with Gasteiger partial charge in [-0.2, -0.15) is 5.26 Å². The summed E-state index contributed by atoms with van der Waals surface area (Å²) in [5, 5.41) is 17.4. The highest BCUT2D eigenvalue weighted by molar-refractivity contribution is 5.94. The fourth-order valence-electron chi connectivity index (χ4n) is 1.73. The van der Waals surface area contributed by atoms with Crippen LogP contribution in [0.15, 0.2) is 18.2 Å². The number of aliphatic hydroxyl groups excluding tert-OH is 1. The predicted molar refractivity (Wildman–Crippen MR) is 76.7 cm³/mol. The van der Waals surface area contributed by atoms with E-state index >= 15 is 0 Å². The molecule has 0 heterocycles. The molecule has 1 aromatic carbocycles. The molecule has 4 nitrogen and oxygen atoms in total.